The Balaban J connectivity index is 1.75. The molecule has 0 unspecified atom stereocenters. The largest absolute Gasteiger partial charge is 0.454 e. The van der Waals surface area contributed by atoms with Gasteiger partial charge in [-0.15, -0.1) is 0 Å². The monoisotopic (exact) mass is 208 g/mol. The molecule has 0 amide bonds. The Morgan fingerprint density at radius 3 is 2.80 bits per heavy atom. The summed E-state index contributed by atoms with van der Waals surface area (Å²) in [5, 5.41) is 0. The molecule has 0 atom stereocenters. The maximum atomic E-state index is 5.31. The molecule has 0 aromatic heterocycles. The van der Waals surface area contributed by atoms with E-state index in [1.807, 2.05) is 18.2 Å². The number of hydrazine groups is 3. The second kappa shape index (κ2) is 3.67. The predicted molar refractivity (Wildman–Crippen MR) is 52.6 cm³/mol. The summed E-state index contributed by atoms with van der Waals surface area (Å²) in [6.45, 7) is 0.321. The van der Waals surface area contributed by atoms with Crippen molar-refractivity contribution in [2.75, 3.05) is 6.79 Å². The molecule has 1 aromatic rings. The Morgan fingerprint density at radius 2 is 1.93 bits per heavy atom. The highest BCUT2D eigenvalue weighted by molar-refractivity contribution is 5.44. The van der Waals surface area contributed by atoms with Crippen LogP contribution in [0.3, 0.4) is 0 Å². The molecule has 6 heteroatoms. The number of rotatable bonds is 2. The number of hydrogen-bond acceptors (Lipinski definition) is 6. The summed E-state index contributed by atoms with van der Waals surface area (Å²) in [6, 6.07) is 5.98. The fraction of sp³-hybridized carbons (Fsp3) is 0.333. The van der Waals surface area contributed by atoms with Crippen LogP contribution in [0.4, 0.5) is 0 Å². The summed E-state index contributed by atoms with van der Waals surface area (Å²) < 4.78 is 10.6. The molecule has 3 rings (SSSR count). The van der Waals surface area contributed by atoms with Crippen LogP contribution in [-0.2, 0) is 6.42 Å². The highest BCUT2D eigenvalue weighted by Crippen LogP contribution is 2.32. The van der Waals surface area contributed by atoms with Gasteiger partial charge in [-0.1, -0.05) is 6.07 Å². The van der Waals surface area contributed by atoms with E-state index in [0.717, 1.165) is 17.9 Å². The Morgan fingerprint density at radius 1 is 1.13 bits per heavy atom. The highest BCUT2D eigenvalue weighted by Gasteiger charge is 2.16. The predicted octanol–water partition coefficient (Wildman–Crippen LogP) is -0.599. The van der Waals surface area contributed by atoms with Gasteiger partial charge in [-0.2, -0.15) is 11.1 Å². The van der Waals surface area contributed by atoms with Crippen LogP contribution in [0, 0.1) is 0 Å². The molecular weight excluding hydrogens is 196 g/mol. The van der Waals surface area contributed by atoms with Crippen LogP contribution in [0.2, 0.25) is 0 Å². The van der Waals surface area contributed by atoms with E-state index in [4.69, 9.17) is 9.47 Å². The standard InChI is InChI=1S/C9H12N4O2/c1-2-7-8(15-5-14-7)3-6(1)4-9-10-12-13-11-9/h1-3,9-13H,4-5H2. The van der Waals surface area contributed by atoms with Gasteiger partial charge in [0.15, 0.2) is 11.5 Å². The molecule has 0 aliphatic carbocycles. The van der Waals surface area contributed by atoms with Crippen LogP contribution in [-0.4, -0.2) is 13.0 Å². The average molecular weight is 208 g/mol. The molecule has 0 radical (unpaired) electrons. The lowest BCUT2D eigenvalue weighted by Crippen LogP contribution is -2.35. The third kappa shape index (κ3) is 1.75. The van der Waals surface area contributed by atoms with Crippen LogP contribution in [0.1, 0.15) is 5.56 Å². The minimum Gasteiger partial charge on any atom is -0.454 e. The summed E-state index contributed by atoms with van der Waals surface area (Å²) in [6.07, 6.45) is 1.03. The van der Waals surface area contributed by atoms with E-state index in [2.05, 4.69) is 21.9 Å². The van der Waals surface area contributed by atoms with E-state index >= 15 is 0 Å². The number of nitrogens with one attached hydrogen (secondary N) is 4. The average Bonchev–Trinajstić information content (AvgIpc) is 2.87. The first kappa shape index (κ1) is 8.93. The van der Waals surface area contributed by atoms with Crippen LogP contribution in [0.25, 0.3) is 0 Å². The molecule has 2 aliphatic heterocycles. The second-order valence-electron chi connectivity index (χ2n) is 3.48. The number of ether oxygens (including phenoxy) is 2. The summed E-state index contributed by atoms with van der Waals surface area (Å²) in [5.74, 6) is 1.65. The van der Waals surface area contributed by atoms with Crippen molar-refractivity contribution in [3.8, 4) is 11.5 Å². The molecule has 15 heavy (non-hydrogen) atoms. The lowest BCUT2D eigenvalue weighted by Gasteiger charge is -2.08. The maximum Gasteiger partial charge on any atom is 0.231 e. The molecule has 4 N–H and O–H groups in total. The molecule has 0 bridgehead atoms. The molecule has 1 fully saturated rings. The van der Waals surface area contributed by atoms with Crippen LogP contribution < -0.4 is 31.4 Å². The quantitative estimate of drug-likeness (QED) is 0.520. The minimum atomic E-state index is 0.172. The molecule has 1 saturated heterocycles. The number of fused-ring (bicyclic) bond motifs is 1. The third-order valence-electron chi connectivity index (χ3n) is 2.43. The van der Waals surface area contributed by atoms with Crippen molar-refractivity contribution in [2.24, 2.45) is 0 Å². The van der Waals surface area contributed by atoms with Gasteiger partial charge in [0.2, 0.25) is 6.79 Å². The molecule has 0 spiro atoms. The smallest absolute Gasteiger partial charge is 0.231 e. The summed E-state index contributed by atoms with van der Waals surface area (Å²) in [4.78, 5) is 0. The van der Waals surface area contributed by atoms with E-state index in [1.165, 1.54) is 5.56 Å². The van der Waals surface area contributed by atoms with Crippen molar-refractivity contribution in [1.29, 1.82) is 0 Å². The molecule has 2 heterocycles. The van der Waals surface area contributed by atoms with E-state index in [0.29, 0.717) is 6.79 Å². The molecular formula is C9H12N4O2. The Kier molecular flexibility index (Phi) is 2.18. The maximum absolute atomic E-state index is 5.31. The van der Waals surface area contributed by atoms with Gasteiger partial charge in [0.1, 0.15) is 0 Å². The first-order valence-electron chi connectivity index (χ1n) is 4.81. The van der Waals surface area contributed by atoms with Crippen LogP contribution >= 0.6 is 0 Å². The van der Waals surface area contributed by atoms with Crippen molar-refractivity contribution in [3.63, 3.8) is 0 Å². The lowest BCUT2D eigenvalue weighted by molar-refractivity contribution is 0.174. The van der Waals surface area contributed by atoms with Gasteiger partial charge in [0.25, 0.3) is 0 Å². The van der Waals surface area contributed by atoms with E-state index in [1.54, 1.807) is 0 Å². The van der Waals surface area contributed by atoms with Gasteiger partial charge >= 0.3 is 0 Å². The first-order chi connectivity index (χ1) is 7.42. The Hall–Kier alpha value is -1.34. The molecule has 2 aliphatic rings. The third-order valence-corrected chi connectivity index (χ3v) is 2.43. The SMILES string of the molecule is c1cc2c(cc1CC1NNNN1)OCO2. The summed E-state index contributed by atoms with van der Waals surface area (Å²) in [5.41, 5.74) is 12.8. The zero-order valence-corrected chi connectivity index (χ0v) is 8.04. The minimum absolute atomic E-state index is 0.172. The first-order valence-corrected chi connectivity index (χ1v) is 4.81. The zero-order chi connectivity index (χ0) is 10.1. The Bertz CT molecular complexity index is 365. The number of benzene rings is 1. The van der Waals surface area contributed by atoms with Gasteiger partial charge in [-0.25, -0.2) is 10.9 Å². The van der Waals surface area contributed by atoms with Gasteiger partial charge in [-0.3, -0.25) is 0 Å². The van der Waals surface area contributed by atoms with Gasteiger partial charge in [0, 0.05) is 6.42 Å². The lowest BCUT2D eigenvalue weighted by atomic mass is 10.1. The summed E-state index contributed by atoms with van der Waals surface area (Å²) >= 11 is 0. The van der Waals surface area contributed by atoms with E-state index in [-0.39, 0.29) is 6.17 Å². The normalized spacial score (nSPS) is 19.7. The molecule has 80 valence electrons. The molecule has 6 nitrogen and oxygen atoms in total. The fourth-order valence-corrected chi connectivity index (χ4v) is 1.69. The summed E-state index contributed by atoms with van der Waals surface area (Å²) in [7, 11) is 0. The second-order valence-corrected chi connectivity index (χ2v) is 3.48. The molecule has 1 aromatic carbocycles. The van der Waals surface area contributed by atoms with Crippen LogP contribution in [0.15, 0.2) is 18.2 Å². The van der Waals surface area contributed by atoms with Gasteiger partial charge in [0.05, 0.1) is 6.17 Å². The van der Waals surface area contributed by atoms with E-state index < -0.39 is 0 Å². The number of hydrogen-bond donors (Lipinski definition) is 4. The fourth-order valence-electron chi connectivity index (χ4n) is 1.69. The van der Waals surface area contributed by atoms with Gasteiger partial charge in [-0.05, 0) is 17.7 Å². The van der Waals surface area contributed by atoms with Crippen molar-refractivity contribution in [2.45, 2.75) is 12.6 Å². The van der Waals surface area contributed by atoms with Crippen molar-refractivity contribution < 1.29 is 9.47 Å². The van der Waals surface area contributed by atoms with Crippen molar-refractivity contribution >= 4 is 0 Å². The van der Waals surface area contributed by atoms with Crippen molar-refractivity contribution in [1.82, 2.24) is 21.9 Å². The Labute approximate surface area is 86.9 Å². The molecule has 0 saturated carbocycles. The topological polar surface area (TPSA) is 66.6 Å². The highest BCUT2D eigenvalue weighted by atomic mass is 16.7. The van der Waals surface area contributed by atoms with Crippen molar-refractivity contribution in [3.05, 3.63) is 23.8 Å². The van der Waals surface area contributed by atoms with Gasteiger partial charge < -0.3 is 9.47 Å². The zero-order valence-electron chi connectivity index (χ0n) is 8.04. The van der Waals surface area contributed by atoms with E-state index in [9.17, 15) is 0 Å². The van der Waals surface area contributed by atoms with Crippen LogP contribution in [0.5, 0.6) is 11.5 Å².